The fraction of sp³-hybridized carbons (Fsp3) is 0.308. The van der Waals surface area contributed by atoms with E-state index in [0.29, 0.717) is 12.2 Å². The van der Waals surface area contributed by atoms with Crippen molar-refractivity contribution in [2.75, 3.05) is 13.2 Å². The summed E-state index contributed by atoms with van der Waals surface area (Å²) in [5, 5.41) is 15.2. The van der Waals surface area contributed by atoms with Gasteiger partial charge in [-0.2, -0.15) is 0 Å². The SMILES string of the molecule is C=C.C=C.C=C.C=C.C=C.C=C.C=C.C=C.C=C.CC(C)OC(C)C.OCCO. The van der Waals surface area contributed by atoms with Crippen molar-refractivity contribution in [3.63, 3.8) is 0 Å². The lowest BCUT2D eigenvalue weighted by molar-refractivity contribution is 0.0300. The van der Waals surface area contributed by atoms with Gasteiger partial charge in [0.15, 0.2) is 0 Å². The van der Waals surface area contributed by atoms with E-state index in [9.17, 15) is 0 Å². The van der Waals surface area contributed by atoms with Gasteiger partial charge in [-0.1, -0.05) is 0 Å². The summed E-state index contributed by atoms with van der Waals surface area (Å²) in [7, 11) is 0. The van der Waals surface area contributed by atoms with Crippen LogP contribution in [-0.4, -0.2) is 35.6 Å². The minimum atomic E-state index is -0.125. The Balaban J connectivity index is -0.0000000145. The normalized spacial score (nSPS) is 4.97. The van der Waals surface area contributed by atoms with Crippen molar-refractivity contribution in [3.05, 3.63) is 118 Å². The van der Waals surface area contributed by atoms with Gasteiger partial charge in [0.25, 0.3) is 0 Å². The van der Waals surface area contributed by atoms with Crippen LogP contribution in [0.15, 0.2) is 118 Å². The van der Waals surface area contributed by atoms with Crippen molar-refractivity contribution in [3.8, 4) is 0 Å². The topological polar surface area (TPSA) is 49.7 Å². The van der Waals surface area contributed by atoms with E-state index >= 15 is 0 Å². The lowest BCUT2D eigenvalue weighted by atomic mass is 10.4. The maximum atomic E-state index is 7.62. The number of aliphatic hydroxyl groups is 2. The molecule has 0 aliphatic carbocycles. The van der Waals surface area contributed by atoms with E-state index in [0.717, 1.165) is 0 Å². The summed E-state index contributed by atoms with van der Waals surface area (Å²) in [5.74, 6) is 0. The lowest BCUT2D eigenvalue weighted by Gasteiger charge is -2.09. The van der Waals surface area contributed by atoms with Gasteiger partial charge < -0.3 is 14.9 Å². The summed E-state index contributed by atoms with van der Waals surface area (Å²) >= 11 is 0. The molecule has 0 aliphatic rings. The average Bonchev–Trinajstić information content (AvgIpc) is 2.85. The van der Waals surface area contributed by atoms with Crippen LogP contribution in [0.4, 0.5) is 0 Å². The molecule has 3 nitrogen and oxygen atoms in total. The molecule has 0 aliphatic heterocycles. The molecule has 0 heterocycles. The Morgan fingerprint density at radius 2 is 0.517 bits per heavy atom. The summed E-state index contributed by atoms with van der Waals surface area (Å²) in [6.45, 7) is 61.9. The molecule has 0 atom stereocenters. The van der Waals surface area contributed by atoms with Gasteiger partial charge in [-0.05, 0) is 27.7 Å². The first-order valence-corrected chi connectivity index (χ1v) is 8.41. The highest BCUT2D eigenvalue weighted by atomic mass is 16.5. The van der Waals surface area contributed by atoms with Crippen LogP contribution in [-0.2, 0) is 4.74 Å². The molecule has 0 saturated heterocycles. The van der Waals surface area contributed by atoms with Crippen LogP contribution in [0.2, 0.25) is 0 Å². The summed E-state index contributed by atoms with van der Waals surface area (Å²) in [5.41, 5.74) is 0. The number of aliphatic hydroxyl groups excluding tert-OH is 2. The largest absolute Gasteiger partial charge is 0.394 e. The number of hydrogen-bond donors (Lipinski definition) is 2. The monoisotopic (exact) mass is 416 g/mol. The van der Waals surface area contributed by atoms with Crippen LogP contribution in [0.3, 0.4) is 0 Å². The van der Waals surface area contributed by atoms with Crippen LogP contribution < -0.4 is 0 Å². The van der Waals surface area contributed by atoms with E-state index in [1.54, 1.807) is 0 Å². The zero-order chi connectivity index (χ0) is 27.3. The molecule has 0 bridgehead atoms. The minimum absolute atomic E-state index is 0.125. The van der Waals surface area contributed by atoms with E-state index in [1.807, 2.05) is 27.7 Å². The smallest absolute Gasteiger partial charge is 0.0662 e. The second-order valence-corrected chi connectivity index (χ2v) is 2.68. The molecular weight excluding hydrogens is 360 g/mol. The zero-order valence-electron chi connectivity index (χ0n) is 20.6. The summed E-state index contributed by atoms with van der Waals surface area (Å²) in [6, 6.07) is 0. The lowest BCUT2D eigenvalue weighted by Crippen LogP contribution is -2.09. The molecule has 0 fully saturated rings. The van der Waals surface area contributed by atoms with Gasteiger partial charge in [-0.15, -0.1) is 118 Å². The van der Waals surface area contributed by atoms with Crippen LogP contribution in [0.1, 0.15) is 27.7 Å². The van der Waals surface area contributed by atoms with Crippen molar-refractivity contribution in [2.45, 2.75) is 39.9 Å². The van der Waals surface area contributed by atoms with Crippen molar-refractivity contribution >= 4 is 0 Å². The Hall–Kier alpha value is -2.46. The molecule has 2 N–H and O–H groups in total. The highest BCUT2D eigenvalue weighted by Gasteiger charge is 1.94. The molecule has 0 radical (unpaired) electrons. The Bertz CT molecular complexity index is 124. The van der Waals surface area contributed by atoms with Gasteiger partial charge in [0.05, 0.1) is 25.4 Å². The number of rotatable bonds is 3. The first-order valence-electron chi connectivity index (χ1n) is 8.41. The van der Waals surface area contributed by atoms with Crippen LogP contribution >= 0.6 is 0 Å². The molecule has 178 valence electrons. The maximum Gasteiger partial charge on any atom is 0.0662 e. The minimum Gasteiger partial charge on any atom is -0.394 e. The Labute approximate surface area is 186 Å². The highest BCUT2D eigenvalue weighted by Crippen LogP contribution is 1.93. The molecule has 0 spiro atoms. The predicted molar refractivity (Wildman–Crippen MR) is 147 cm³/mol. The third kappa shape index (κ3) is 2190. The second-order valence-electron chi connectivity index (χ2n) is 2.68. The predicted octanol–water partition coefficient (Wildman–Crippen LogP) is 8.01. The molecule has 3 heteroatoms. The molecule has 0 aromatic heterocycles. The maximum absolute atomic E-state index is 7.62. The number of hydrogen-bond acceptors (Lipinski definition) is 3. The second kappa shape index (κ2) is 360. The van der Waals surface area contributed by atoms with Gasteiger partial charge in [0.1, 0.15) is 0 Å². The molecule has 0 aromatic rings. The molecular formula is C26H56O3. The quantitative estimate of drug-likeness (QED) is 0.458. The molecule has 0 amide bonds. The summed E-state index contributed by atoms with van der Waals surface area (Å²) < 4.78 is 5.25. The third-order valence-electron chi connectivity index (χ3n) is 0.644. The molecule has 0 rings (SSSR count). The third-order valence-corrected chi connectivity index (χ3v) is 0.644. The van der Waals surface area contributed by atoms with Gasteiger partial charge >= 0.3 is 0 Å². The molecule has 0 saturated carbocycles. The Morgan fingerprint density at radius 1 is 0.414 bits per heavy atom. The molecule has 29 heavy (non-hydrogen) atoms. The average molecular weight is 417 g/mol. The van der Waals surface area contributed by atoms with E-state index < -0.39 is 0 Å². The van der Waals surface area contributed by atoms with Gasteiger partial charge in [-0.25, -0.2) is 0 Å². The van der Waals surface area contributed by atoms with Gasteiger partial charge in [0, 0.05) is 0 Å². The molecule has 0 aromatic carbocycles. The van der Waals surface area contributed by atoms with Crippen LogP contribution in [0.5, 0.6) is 0 Å². The van der Waals surface area contributed by atoms with E-state index in [2.05, 4.69) is 118 Å². The fourth-order valence-corrected chi connectivity index (χ4v) is 0.544. The van der Waals surface area contributed by atoms with Gasteiger partial charge in [-0.3, -0.25) is 0 Å². The molecule has 0 unspecified atom stereocenters. The van der Waals surface area contributed by atoms with Gasteiger partial charge in [0.2, 0.25) is 0 Å². The first-order chi connectivity index (χ1) is 14.0. The van der Waals surface area contributed by atoms with Crippen molar-refractivity contribution < 1.29 is 14.9 Å². The highest BCUT2D eigenvalue weighted by molar-refractivity contribution is 4.40. The fourth-order valence-electron chi connectivity index (χ4n) is 0.544. The zero-order valence-corrected chi connectivity index (χ0v) is 20.6. The van der Waals surface area contributed by atoms with Crippen LogP contribution in [0.25, 0.3) is 0 Å². The van der Waals surface area contributed by atoms with E-state index in [1.165, 1.54) is 0 Å². The van der Waals surface area contributed by atoms with Crippen LogP contribution in [0, 0.1) is 0 Å². The summed E-state index contributed by atoms with van der Waals surface area (Å²) in [4.78, 5) is 0. The van der Waals surface area contributed by atoms with Crippen molar-refractivity contribution in [1.29, 1.82) is 0 Å². The Morgan fingerprint density at radius 3 is 0.517 bits per heavy atom. The van der Waals surface area contributed by atoms with Crippen molar-refractivity contribution in [1.82, 2.24) is 0 Å². The van der Waals surface area contributed by atoms with E-state index in [-0.39, 0.29) is 13.2 Å². The first kappa shape index (κ1) is 71.7. The number of ether oxygens (including phenoxy) is 1. The Kier molecular flexibility index (Phi) is 889. The van der Waals surface area contributed by atoms with Crippen molar-refractivity contribution in [2.24, 2.45) is 0 Å². The standard InChI is InChI=1S/C6H14O.C2H6O2.9C2H4/c1-5(2)7-6(3)4;3-1-2-4;9*1-2/h5-6H,1-4H3;3-4H,1-2H2;9*1-2H2. The van der Waals surface area contributed by atoms with E-state index in [4.69, 9.17) is 14.9 Å². The summed E-state index contributed by atoms with van der Waals surface area (Å²) in [6.07, 6.45) is 0.750.